The highest BCUT2D eigenvalue weighted by Crippen LogP contribution is 2.11. The number of carbonyl (C=O) groups excluding carboxylic acids is 1. The van der Waals surface area contributed by atoms with Crippen molar-refractivity contribution in [1.82, 2.24) is 10.2 Å². The van der Waals surface area contributed by atoms with E-state index in [-0.39, 0.29) is 19.7 Å². The zero-order valence-electron chi connectivity index (χ0n) is 11.4. The van der Waals surface area contributed by atoms with Gasteiger partial charge >= 0.3 is 12.2 Å². The summed E-state index contributed by atoms with van der Waals surface area (Å²) in [5.41, 5.74) is 0.864. The Morgan fingerprint density at radius 3 is 2.67 bits per heavy atom. The van der Waals surface area contributed by atoms with Gasteiger partial charge in [-0.15, -0.1) is 0 Å². The molecule has 1 heterocycles. The van der Waals surface area contributed by atoms with E-state index in [0.29, 0.717) is 6.42 Å². The van der Waals surface area contributed by atoms with Gasteiger partial charge in [-0.2, -0.15) is 0 Å². The summed E-state index contributed by atoms with van der Waals surface area (Å²) in [6.45, 7) is 0.351. The van der Waals surface area contributed by atoms with Gasteiger partial charge in [0.15, 0.2) is 0 Å². The quantitative estimate of drug-likeness (QED) is 0.773. The number of ether oxygens (including phenoxy) is 1. The van der Waals surface area contributed by atoms with Crippen LogP contribution in [0.3, 0.4) is 0 Å². The first-order valence-electron chi connectivity index (χ1n) is 6.67. The number of carboxylic acid groups (broad SMARTS) is 1. The molecule has 0 aliphatic carbocycles. The fraction of sp³-hybridized carbons (Fsp3) is 0.429. The van der Waals surface area contributed by atoms with Crippen molar-refractivity contribution in [3.8, 4) is 0 Å². The fourth-order valence-electron chi connectivity index (χ4n) is 2.26. The number of nitrogens with zero attached hydrogens (tertiary/aromatic N) is 1. The first-order chi connectivity index (χ1) is 10.0. The van der Waals surface area contributed by atoms with E-state index in [1.807, 2.05) is 30.3 Å². The fourth-order valence-corrected chi connectivity index (χ4v) is 2.26. The maximum atomic E-state index is 11.7. The summed E-state index contributed by atoms with van der Waals surface area (Å²) in [7, 11) is 0. The van der Waals surface area contributed by atoms with E-state index in [9.17, 15) is 14.7 Å². The van der Waals surface area contributed by atoms with Crippen molar-refractivity contribution in [3.05, 3.63) is 35.9 Å². The lowest BCUT2D eigenvalue weighted by Gasteiger charge is -2.33. The van der Waals surface area contributed by atoms with Crippen LogP contribution < -0.4 is 5.32 Å². The molecule has 2 atom stereocenters. The van der Waals surface area contributed by atoms with Gasteiger partial charge in [0.1, 0.15) is 6.61 Å². The predicted molar refractivity (Wildman–Crippen MR) is 73.8 cm³/mol. The molecule has 0 radical (unpaired) electrons. The van der Waals surface area contributed by atoms with Crippen LogP contribution >= 0.6 is 0 Å². The van der Waals surface area contributed by atoms with Gasteiger partial charge in [-0.3, -0.25) is 0 Å². The second-order valence-corrected chi connectivity index (χ2v) is 4.98. The van der Waals surface area contributed by atoms with Gasteiger partial charge in [-0.25, -0.2) is 9.59 Å². The number of likely N-dealkylation sites (tertiary alicyclic amines) is 1. The lowest BCUT2D eigenvalue weighted by molar-refractivity contribution is 0.0482. The highest BCUT2D eigenvalue weighted by molar-refractivity contribution is 5.68. The number of hydrogen-bond donors (Lipinski definition) is 3. The highest BCUT2D eigenvalue weighted by atomic mass is 16.5. The van der Waals surface area contributed by atoms with Gasteiger partial charge < -0.3 is 25.2 Å². The average Bonchev–Trinajstić information content (AvgIpc) is 2.45. The minimum Gasteiger partial charge on any atom is -0.465 e. The molecule has 1 aromatic carbocycles. The molecule has 7 nitrogen and oxygen atoms in total. The largest absolute Gasteiger partial charge is 0.465 e. The number of aliphatic hydroxyl groups excluding tert-OH is 1. The van der Waals surface area contributed by atoms with Crippen LogP contribution in [0.25, 0.3) is 0 Å². The summed E-state index contributed by atoms with van der Waals surface area (Å²) in [5, 5.41) is 21.1. The van der Waals surface area contributed by atoms with Crippen LogP contribution in [-0.4, -0.2) is 52.5 Å². The molecule has 2 amide bonds. The molecule has 0 bridgehead atoms. The molecule has 0 saturated carbocycles. The zero-order valence-corrected chi connectivity index (χ0v) is 11.4. The molecular formula is C14H18N2O5. The Bertz CT molecular complexity index is 493. The Labute approximate surface area is 122 Å². The molecule has 1 saturated heterocycles. The van der Waals surface area contributed by atoms with E-state index >= 15 is 0 Å². The number of aliphatic hydroxyl groups is 1. The standard InChI is InChI=1S/C14H18N2O5/c17-12-6-11(7-16(8-12)14(19)20)15-13(18)21-9-10-4-2-1-3-5-10/h1-5,11-12,17H,6-9H2,(H,15,18)(H,19,20)/t11-,12-/m1/s1. The van der Waals surface area contributed by atoms with Crippen LogP contribution in [0.4, 0.5) is 9.59 Å². The van der Waals surface area contributed by atoms with Crippen LogP contribution in [0.5, 0.6) is 0 Å². The number of piperidine rings is 1. The van der Waals surface area contributed by atoms with Crippen molar-refractivity contribution < 1.29 is 24.5 Å². The lowest BCUT2D eigenvalue weighted by atomic mass is 10.0. The SMILES string of the molecule is O=C(N[C@@H]1C[C@@H](O)CN(C(=O)O)C1)OCc1ccccc1. The van der Waals surface area contributed by atoms with E-state index in [1.165, 1.54) is 0 Å². The van der Waals surface area contributed by atoms with Crippen molar-refractivity contribution >= 4 is 12.2 Å². The van der Waals surface area contributed by atoms with Crippen LogP contribution in [0.1, 0.15) is 12.0 Å². The number of benzene rings is 1. The van der Waals surface area contributed by atoms with E-state index in [2.05, 4.69) is 5.32 Å². The summed E-state index contributed by atoms with van der Waals surface area (Å²) in [6.07, 6.45) is -2.21. The average molecular weight is 294 g/mol. The van der Waals surface area contributed by atoms with E-state index in [0.717, 1.165) is 10.5 Å². The van der Waals surface area contributed by atoms with Crippen LogP contribution in [0, 0.1) is 0 Å². The Hall–Kier alpha value is -2.28. The third-order valence-corrected chi connectivity index (χ3v) is 3.23. The molecule has 1 aliphatic rings. The number of alkyl carbamates (subject to hydrolysis) is 1. The first-order valence-corrected chi connectivity index (χ1v) is 6.67. The topological polar surface area (TPSA) is 99.1 Å². The van der Waals surface area contributed by atoms with Gasteiger partial charge in [0, 0.05) is 6.54 Å². The summed E-state index contributed by atoms with van der Waals surface area (Å²) in [4.78, 5) is 23.7. The molecule has 0 spiro atoms. The molecule has 7 heteroatoms. The molecule has 1 aromatic rings. The van der Waals surface area contributed by atoms with Gasteiger partial charge in [-0.05, 0) is 12.0 Å². The van der Waals surface area contributed by atoms with Crippen molar-refractivity contribution in [2.45, 2.75) is 25.2 Å². The smallest absolute Gasteiger partial charge is 0.407 e. The number of hydrogen-bond acceptors (Lipinski definition) is 4. The maximum Gasteiger partial charge on any atom is 0.407 e. The monoisotopic (exact) mass is 294 g/mol. The molecule has 0 aromatic heterocycles. The van der Waals surface area contributed by atoms with Gasteiger partial charge in [-0.1, -0.05) is 30.3 Å². The molecular weight excluding hydrogens is 276 g/mol. The summed E-state index contributed by atoms with van der Waals surface area (Å²) in [5.74, 6) is 0. The Morgan fingerprint density at radius 2 is 2.00 bits per heavy atom. The van der Waals surface area contributed by atoms with E-state index < -0.39 is 24.3 Å². The van der Waals surface area contributed by atoms with E-state index in [4.69, 9.17) is 9.84 Å². The van der Waals surface area contributed by atoms with Gasteiger partial charge in [0.2, 0.25) is 0 Å². The second kappa shape index (κ2) is 6.94. The number of nitrogens with one attached hydrogen (secondary N) is 1. The third kappa shape index (κ3) is 4.64. The van der Waals surface area contributed by atoms with Gasteiger partial charge in [0.05, 0.1) is 18.7 Å². The van der Waals surface area contributed by atoms with Crippen molar-refractivity contribution in [1.29, 1.82) is 0 Å². The molecule has 1 aliphatic heterocycles. The normalized spacial score (nSPS) is 21.7. The Morgan fingerprint density at radius 1 is 1.29 bits per heavy atom. The molecule has 114 valence electrons. The molecule has 21 heavy (non-hydrogen) atoms. The van der Waals surface area contributed by atoms with Crippen LogP contribution in [-0.2, 0) is 11.3 Å². The second-order valence-electron chi connectivity index (χ2n) is 4.98. The number of amides is 2. The number of rotatable bonds is 3. The van der Waals surface area contributed by atoms with Crippen LogP contribution in [0.2, 0.25) is 0 Å². The Kier molecular flexibility index (Phi) is 4.99. The van der Waals surface area contributed by atoms with Crippen molar-refractivity contribution in [2.24, 2.45) is 0 Å². The highest BCUT2D eigenvalue weighted by Gasteiger charge is 2.29. The maximum absolute atomic E-state index is 11.7. The predicted octanol–water partition coefficient (Wildman–Crippen LogP) is 1.03. The first kappa shape index (κ1) is 15.1. The summed E-state index contributed by atoms with van der Waals surface area (Å²) < 4.78 is 5.06. The molecule has 2 rings (SSSR count). The number of carbonyl (C=O) groups is 2. The lowest BCUT2D eigenvalue weighted by Crippen LogP contribution is -2.54. The third-order valence-electron chi connectivity index (χ3n) is 3.23. The Balaban J connectivity index is 1.80. The van der Waals surface area contributed by atoms with Crippen LogP contribution in [0.15, 0.2) is 30.3 Å². The van der Waals surface area contributed by atoms with Crippen molar-refractivity contribution in [3.63, 3.8) is 0 Å². The molecule has 3 N–H and O–H groups in total. The molecule has 0 unspecified atom stereocenters. The summed E-state index contributed by atoms with van der Waals surface area (Å²) in [6, 6.07) is 8.78. The van der Waals surface area contributed by atoms with Gasteiger partial charge in [0.25, 0.3) is 0 Å². The summed E-state index contributed by atoms with van der Waals surface area (Å²) >= 11 is 0. The van der Waals surface area contributed by atoms with E-state index in [1.54, 1.807) is 0 Å². The minimum absolute atomic E-state index is 0.0621. The number of β-amino-alcohol motifs (C(OH)–C–C–N with tert-alkyl or cyclic N) is 1. The van der Waals surface area contributed by atoms with Crippen molar-refractivity contribution in [2.75, 3.05) is 13.1 Å². The zero-order chi connectivity index (χ0) is 15.2. The molecule has 1 fully saturated rings. The minimum atomic E-state index is -1.11.